The van der Waals surface area contributed by atoms with E-state index in [-0.39, 0.29) is 6.10 Å². The number of aliphatic hydroxyl groups excluding tert-OH is 1. The zero-order chi connectivity index (χ0) is 13.7. The minimum Gasteiger partial charge on any atom is -0.389 e. The number of hydrogen-bond acceptors (Lipinski definition) is 3. The van der Waals surface area contributed by atoms with Gasteiger partial charge in [-0.05, 0) is 30.2 Å². The van der Waals surface area contributed by atoms with Crippen LogP contribution in [0.3, 0.4) is 0 Å². The van der Waals surface area contributed by atoms with Crippen LogP contribution in [0.25, 0.3) is 16.7 Å². The Bertz CT molecular complexity index is 787. The number of hydrogen-bond donors (Lipinski definition) is 1. The van der Waals surface area contributed by atoms with E-state index in [0.717, 1.165) is 41.9 Å². The van der Waals surface area contributed by atoms with Crippen LogP contribution in [-0.2, 0) is 6.42 Å². The quantitative estimate of drug-likeness (QED) is 0.774. The first-order valence-electron chi connectivity index (χ1n) is 7.08. The van der Waals surface area contributed by atoms with E-state index in [1.54, 1.807) is 0 Å². The minimum atomic E-state index is -0.183. The third-order valence-electron chi connectivity index (χ3n) is 4.09. The molecule has 2 aromatic heterocycles. The molecule has 1 fully saturated rings. The van der Waals surface area contributed by atoms with Crippen molar-refractivity contribution in [1.29, 1.82) is 0 Å². The number of imidazole rings is 1. The lowest BCUT2D eigenvalue weighted by atomic mass is 10.1. The van der Waals surface area contributed by atoms with Crippen LogP contribution in [0.5, 0.6) is 0 Å². The zero-order valence-electron chi connectivity index (χ0n) is 11.5. The average Bonchev–Trinajstić information content (AvgIpc) is 2.80. The number of pyridine rings is 1. The molecular weight excluding hydrogens is 250 g/mol. The standard InChI is InChI=1S/C16H17N3O/c1-2-11-3-4-15-14(7-11)17-16-8-12(5-6-19(15)16)18-9-13(20)10-18/h3-8,13,20H,2,9-10H2,1H3. The molecule has 20 heavy (non-hydrogen) atoms. The summed E-state index contributed by atoms with van der Waals surface area (Å²) < 4.78 is 2.12. The van der Waals surface area contributed by atoms with E-state index < -0.39 is 0 Å². The molecule has 0 saturated carbocycles. The molecule has 0 amide bonds. The van der Waals surface area contributed by atoms with E-state index in [2.05, 4.69) is 52.8 Å². The highest BCUT2D eigenvalue weighted by atomic mass is 16.3. The summed E-state index contributed by atoms with van der Waals surface area (Å²) in [5, 5.41) is 9.40. The molecule has 0 unspecified atom stereocenters. The Labute approximate surface area is 117 Å². The van der Waals surface area contributed by atoms with E-state index in [1.165, 1.54) is 5.56 Å². The van der Waals surface area contributed by atoms with Gasteiger partial charge >= 0.3 is 0 Å². The number of aliphatic hydroxyl groups is 1. The smallest absolute Gasteiger partial charge is 0.139 e. The van der Waals surface area contributed by atoms with E-state index >= 15 is 0 Å². The molecule has 4 rings (SSSR count). The van der Waals surface area contributed by atoms with Gasteiger partial charge < -0.3 is 10.0 Å². The van der Waals surface area contributed by atoms with Crippen molar-refractivity contribution in [2.45, 2.75) is 19.4 Å². The second kappa shape index (κ2) is 4.21. The van der Waals surface area contributed by atoms with Crippen molar-refractivity contribution < 1.29 is 5.11 Å². The van der Waals surface area contributed by atoms with Crippen LogP contribution in [0.15, 0.2) is 36.5 Å². The summed E-state index contributed by atoms with van der Waals surface area (Å²) in [6, 6.07) is 10.7. The first-order valence-corrected chi connectivity index (χ1v) is 7.08. The van der Waals surface area contributed by atoms with Crippen LogP contribution in [0, 0.1) is 0 Å². The van der Waals surface area contributed by atoms with Gasteiger partial charge in [0.25, 0.3) is 0 Å². The third-order valence-corrected chi connectivity index (χ3v) is 4.09. The monoisotopic (exact) mass is 267 g/mol. The molecule has 0 bridgehead atoms. The SMILES string of the molecule is CCc1ccc2c(c1)nc1cc(N3CC(O)C3)ccn12. The fraction of sp³-hybridized carbons (Fsp3) is 0.312. The van der Waals surface area contributed by atoms with Gasteiger partial charge in [-0.15, -0.1) is 0 Å². The molecule has 0 spiro atoms. The molecule has 1 aliphatic rings. The molecule has 1 aliphatic heterocycles. The van der Waals surface area contributed by atoms with Gasteiger partial charge in [-0.3, -0.25) is 4.40 Å². The number of anilines is 1. The van der Waals surface area contributed by atoms with Gasteiger partial charge in [0.2, 0.25) is 0 Å². The number of aromatic nitrogens is 2. The van der Waals surface area contributed by atoms with Crippen LogP contribution in [0.4, 0.5) is 5.69 Å². The molecule has 4 nitrogen and oxygen atoms in total. The molecule has 1 saturated heterocycles. The Morgan fingerprint density at radius 1 is 1.25 bits per heavy atom. The topological polar surface area (TPSA) is 40.8 Å². The molecule has 3 aromatic rings. The van der Waals surface area contributed by atoms with Crippen molar-refractivity contribution in [3.05, 3.63) is 42.1 Å². The molecule has 1 N–H and O–H groups in total. The average molecular weight is 267 g/mol. The molecule has 0 aliphatic carbocycles. The van der Waals surface area contributed by atoms with Crippen molar-refractivity contribution in [1.82, 2.24) is 9.38 Å². The number of fused-ring (bicyclic) bond motifs is 3. The van der Waals surface area contributed by atoms with Crippen molar-refractivity contribution in [3.63, 3.8) is 0 Å². The number of rotatable bonds is 2. The van der Waals surface area contributed by atoms with E-state index in [1.807, 2.05) is 0 Å². The molecule has 4 heteroatoms. The molecule has 0 radical (unpaired) electrons. The molecule has 102 valence electrons. The first kappa shape index (κ1) is 11.7. The van der Waals surface area contributed by atoms with E-state index in [9.17, 15) is 5.11 Å². The summed E-state index contributed by atoms with van der Waals surface area (Å²) in [6.45, 7) is 3.59. The maximum Gasteiger partial charge on any atom is 0.139 e. The lowest BCUT2D eigenvalue weighted by Gasteiger charge is -2.37. The van der Waals surface area contributed by atoms with E-state index in [4.69, 9.17) is 4.98 Å². The van der Waals surface area contributed by atoms with Crippen LogP contribution in [0.2, 0.25) is 0 Å². The number of β-amino-alcohol motifs (C(OH)–C–C–N with tert-alkyl or cyclic N) is 1. The van der Waals surface area contributed by atoms with Crippen molar-refractivity contribution in [3.8, 4) is 0 Å². The van der Waals surface area contributed by atoms with Gasteiger partial charge in [0, 0.05) is 31.0 Å². The summed E-state index contributed by atoms with van der Waals surface area (Å²) in [5.74, 6) is 0. The van der Waals surface area contributed by atoms with Crippen molar-refractivity contribution in [2.75, 3.05) is 18.0 Å². The highest BCUT2D eigenvalue weighted by Gasteiger charge is 2.24. The van der Waals surface area contributed by atoms with E-state index in [0.29, 0.717) is 0 Å². The molecular formula is C16H17N3O. The Balaban J connectivity index is 1.84. The number of nitrogens with zero attached hydrogens (tertiary/aromatic N) is 3. The van der Waals surface area contributed by atoms with Gasteiger partial charge in [0.15, 0.2) is 0 Å². The normalized spacial score (nSPS) is 16.0. The predicted octanol–water partition coefficient (Wildman–Crippen LogP) is 2.23. The first-order chi connectivity index (χ1) is 9.74. The van der Waals surface area contributed by atoms with Gasteiger partial charge in [0.1, 0.15) is 5.65 Å². The number of benzene rings is 1. The molecule has 3 heterocycles. The second-order valence-electron chi connectivity index (χ2n) is 5.46. The van der Waals surface area contributed by atoms with Crippen LogP contribution >= 0.6 is 0 Å². The lowest BCUT2D eigenvalue weighted by Crippen LogP contribution is -2.50. The third kappa shape index (κ3) is 1.68. The molecule has 0 atom stereocenters. The maximum absolute atomic E-state index is 9.40. The highest BCUT2D eigenvalue weighted by molar-refractivity contribution is 5.82. The Morgan fingerprint density at radius 2 is 2.10 bits per heavy atom. The van der Waals surface area contributed by atoms with Crippen molar-refractivity contribution >= 4 is 22.4 Å². The van der Waals surface area contributed by atoms with Crippen LogP contribution in [0.1, 0.15) is 12.5 Å². The molecule has 1 aromatic carbocycles. The predicted molar refractivity (Wildman–Crippen MR) is 80.3 cm³/mol. The van der Waals surface area contributed by atoms with Crippen molar-refractivity contribution in [2.24, 2.45) is 0 Å². The Hall–Kier alpha value is -2.07. The summed E-state index contributed by atoms with van der Waals surface area (Å²) >= 11 is 0. The Kier molecular flexibility index (Phi) is 2.47. The second-order valence-corrected chi connectivity index (χ2v) is 5.46. The minimum absolute atomic E-state index is 0.183. The maximum atomic E-state index is 9.40. The van der Waals surface area contributed by atoms with Gasteiger partial charge in [0.05, 0.1) is 17.1 Å². The Morgan fingerprint density at radius 3 is 2.85 bits per heavy atom. The van der Waals surface area contributed by atoms with Crippen LogP contribution in [-0.4, -0.2) is 33.7 Å². The summed E-state index contributed by atoms with van der Waals surface area (Å²) in [7, 11) is 0. The number of aryl methyl sites for hydroxylation is 1. The largest absolute Gasteiger partial charge is 0.389 e. The lowest BCUT2D eigenvalue weighted by molar-refractivity contribution is 0.142. The van der Waals surface area contributed by atoms with Gasteiger partial charge in [-0.25, -0.2) is 4.98 Å². The summed E-state index contributed by atoms with van der Waals surface area (Å²) in [6.07, 6.45) is 2.91. The highest BCUT2D eigenvalue weighted by Crippen LogP contribution is 2.25. The zero-order valence-corrected chi connectivity index (χ0v) is 11.5. The van der Waals surface area contributed by atoms with Gasteiger partial charge in [-0.1, -0.05) is 13.0 Å². The fourth-order valence-corrected chi connectivity index (χ4v) is 2.84. The summed E-state index contributed by atoms with van der Waals surface area (Å²) in [4.78, 5) is 6.89. The fourth-order valence-electron chi connectivity index (χ4n) is 2.84. The van der Waals surface area contributed by atoms with Crippen LogP contribution < -0.4 is 4.90 Å². The summed E-state index contributed by atoms with van der Waals surface area (Å²) in [5.41, 5.74) is 5.60. The van der Waals surface area contributed by atoms with Gasteiger partial charge in [-0.2, -0.15) is 0 Å².